The van der Waals surface area contributed by atoms with E-state index in [0.717, 1.165) is 5.56 Å². The number of benzene rings is 2. The Kier molecular flexibility index (Phi) is 6.24. The van der Waals surface area contributed by atoms with Crippen molar-refractivity contribution in [2.75, 3.05) is 18.4 Å². The van der Waals surface area contributed by atoms with Crippen LogP contribution in [0.4, 0.5) is 5.69 Å². The van der Waals surface area contributed by atoms with Crippen molar-refractivity contribution in [1.29, 1.82) is 0 Å². The number of amides is 1. The average Bonchev–Trinajstić information content (AvgIpc) is 3.25. The van der Waals surface area contributed by atoms with Gasteiger partial charge in [0.1, 0.15) is 11.4 Å². The number of sulfonamides is 1. The number of aromatic amines is 1. The average molecular weight is 471 g/mol. The predicted octanol–water partition coefficient (Wildman–Crippen LogP) is 3.14. The van der Waals surface area contributed by atoms with Gasteiger partial charge in [-0.25, -0.2) is 8.42 Å². The summed E-state index contributed by atoms with van der Waals surface area (Å²) in [5.41, 5.74) is 2.56. The molecule has 1 amide bonds. The highest BCUT2D eigenvalue weighted by Gasteiger charge is 2.32. The van der Waals surface area contributed by atoms with E-state index < -0.39 is 15.9 Å². The second-order valence-corrected chi connectivity index (χ2v) is 10.2. The molecule has 1 fully saturated rings. The fourth-order valence-corrected chi connectivity index (χ4v) is 5.41. The molecule has 1 aromatic heterocycles. The highest BCUT2D eigenvalue weighted by Crippen LogP contribution is 2.29. The first-order chi connectivity index (χ1) is 15.6. The third-order valence-electron chi connectivity index (χ3n) is 5.39. The SMILES string of the molecule is Cc1ccc(O)c(-c2cc(C(=O)Nc3ccc(S(=O)(=O)N4C[C@H](C)O[C@@H](C)C4)cc3)[nH]n2)c1. The number of aromatic nitrogens is 2. The minimum atomic E-state index is -3.66. The van der Waals surface area contributed by atoms with Crippen molar-refractivity contribution in [1.82, 2.24) is 14.5 Å². The summed E-state index contributed by atoms with van der Waals surface area (Å²) >= 11 is 0. The zero-order chi connectivity index (χ0) is 23.8. The Bertz CT molecular complexity index is 1260. The number of aromatic hydroxyl groups is 1. The molecule has 174 valence electrons. The summed E-state index contributed by atoms with van der Waals surface area (Å²) in [6.45, 7) is 6.18. The van der Waals surface area contributed by atoms with Crippen molar-refractivity contribution in [2.45, 2.75) is 37.9 Å². The minimum absolute atomic E-state index is 0.0694. The molecule has 0 radical (unpaired) electrons. The van der Waals surface area contributed by atoms with Crippen LogP contribution in [0.3, 0.4) is 0 Å². The molecule has 33 heavy (non-hydrogen) atoms. The van der Waals surface area contributed by atoms with Crippen LogP contribution < -0.4 is 5.32 Å². The van der Waals surface area contributed by atoms with E-state index in [-0.39, 0.29) is 28.5 Å². The van der Waals surface area contributed by atoms with Crippen LogP contribution in [0.5, 0.6) is 5.75 Å². The lowest BCUT2D eigenvalue weighted by atomic mass is 10.1. The highest BCUT2D eigenvalue weighted by molar-refractivity contribution is 7.89. The summed E-state index contributed by atoms with van der Waals surface area (Å²) < 4.78 is 33.0. The lowest BCUT2D eigenvalue weighted by molar-refractivity contribution is -0.0440. The quantitative estimate of drug-likeness (QED) is 0.526. The minimum Gasteiger partial charge on any atom is -0.507 e. The number of carbonyl (C=O) groups is 1. The summed E-state index contributed by atoms with van der Waals surface area (Å²) in [6, 6.07) is 12.7. The topological polar surface area (TPSA) is 125 Å². The Labute approximate surface area is 192 Å². The van der Waals surface area contributed by atoms with E-state index in [1.54, 1.807) is 36.4 Å². The molecule has 2 atom stereocenters. The van der Waals surface area contributed by atoms with Crippen LogP contribution in [0.2, 0.25) is 0 Å². The first-order valence-electron chi connectivity index (χ1n) is 10.6. The Morgan fingerprint density at radius 1 is 1.12 bits per heavy atom. The molecule has 2 heterocycles. The van der Waals surface area contributed by atoms with Gasteiger partial charge in [-0.2, -0.15) is 9.40 Å². The standard InChI is InChI=1S/C23H26N4O5S/c1-14-4-9-22(28)19(10-14)20-11-21(26-25-20)23(29)24-17-5-7-18(8-6-17)33(30,31)27-12-15(2)32-16(3)13-27/h4-11,15-16,28H,12-13H2,1-3H3,(H,24,29)(H,25,26)/t15-,16-/m0/s1. The number of nitrogens with zero attached hydrogens (tertiary/aromatic N) is 2. The molecule has 9 nitrogen and oxygen atoms in total. The van der Waals surface area contributed by atoms with Gasteiger partial charge in [0.05, 0.1) is 22.8 Å². The molecule has 3 aromatic rings. The molecule has 3 N–H and O–H groups in total. The number of morpholine rings is 1. The summed E-state index contributed by atoms with van der Waals surface area (Å²) in [5, 5.41) is 19.6. The summed E-state index contributed by atoms with van der Waals surface area (Å²) in [6.07, 6.45) is -0.355. The predicted molar refractivity (Wildman–Crippen MR) is 124 cm³/mol. The van der Waals surface area contributed by atoms with Crippen LogP contribution in [0.1, 0.15) is 29.9 Å². The third kappa shape index (κ3) is 4.92. The second-order valence-electron chi connectivity index (χ2n) is 8.25. The fraction of sp³-hybridized carbons (Fsp3) is 0.304. The van der Waals surface area contributed by atoms with Crippen molar-refractivity contribution >= 4 is 21.6 Å². The van der Waals surface area contributed by atoms with E-state index in [1.165, 1.54) is 16.4 Å². The van der Waals surface area contributed by atoms with Gasteiger partial charge in [-0.3, -0.25) is 9.89 Å². The van der Waals surface area contributed by atoms with Crippen LogP contribution in [0.15, 0.2) is 53.4 Å². The summed E-state index contributed by atoms with van der Waals surface area (Å²) in [4.78, 5) is 12.8. The van der Waals surface area contributed by atoms with E-state index >= 15 is 0 Å². The van der Waals surface area contributed by atoms with Gasteiger partial charge >= 0.3 is 0 Å². The summed E-state index contributed by atoms with van der Waals surface area (Å²) in [5.74, 6) is -0.368. The number of hydrogen-bond acceptors (Lipinski definition) is 6. The highest BCUT2D eigenvalue weighted by atomic mass is 32.2. The molecular formula is C23H26N4O5S. The van der Waals surface area contributed by atoms with Gasteiger partial charge in [0.25, 0.3) is 5.91 Å². The lowest BCUT2D eigenvalue weighted by Crippen LogP contribution is -2.48. The molecule has 0 spiro atoms. The van der Waals surface area contributed by atoms with Gasteiger partial charge < -0.3 is 15.2 Å². The van der Waals surface area contributed by atoms with E-state index in [9.17, 15) is 18.3 Å². The zero-order valence-corrected chi connectivity index (χ0v) is 19.4. The monoisotopic (exact) mass is 470 g/mol. The number of phenols is 1. The van der Waals surface area contributed by atoms with Crippen molar-refractivity contribution in [3.05, 3.63) is 59.8 Å². The molecule has 2 aromatic carbocycles. The molecule has 0 bridgehead atoms. The first kappa shape index (κ1) is 23.0. The summed E-state index contributed by atoms with van der Waals surface area (Å²) in [7, 11) is -3.66. The molecule has 1 aliphatic heterocycles. The van der Waals surface area contributed by atoms with Crippen LogP contribution >= 0.6 is 0 Å². The number of nitrogens with one attached hydrogen (secondary N) is 2. The number of anilines is 1. The normalized spacial score (nSPS) is 19.4. The molecule has 10 heteroatoms. The smallest absolute Gasteiger partial charge is 0.273 e. The number of ether oxygens (including phenoxy) is 1. The van der Waals surface area contributed by atoms with E-state index in [2.05, 4.69) is 15.5 Å². The van der Waals surface area contributed by atoms with Crippen LogP contribution in [0.25, 0.3) is 11.3 Å². The Hall–Kier alpha value is -3.21. The molecule has 1 saturated heterocycles. The van der Waals surface area contributed by atoms with E-state index in [0.29, 0.717) is 30.0 Å². The molecule has 4 rings (SSSR count). The number of rotatable bonds is 5. The molecule has 0 saturated carbocycles. The number of aryl methyl sites for hydroxylation is 1. The molecular weight excluding hydrogens is 444 g/mol. The molecule has 1 aliphatic rings. The Morgan fingerprint density at radius 3 is 2.45 bits per heavy atom. The van der Waals surface area contributed by atoms with Crippen molar-refractivity contribution < 1.29 is 23.1 Å². The fourth-order valence-electron chi connectivity index (χ4n) is 3.82. The van der Waals surface area contributed by atoms with E-state index in [4.69, 9.17) is 4.74 Å². The van der Waals surface area contributed by atoms with E-state index in [1.807, 2.05) is 20.8 Å². The number of phenolic OH excluding ortho intramolecular Hbond substituents is 1. The largest absolute Gasteiger partial charge is 0.507 e. The van der Waals surface area contributed by atoms with Crippen molar-refractivity contribution in [3.8, 4) is 17.0 Å². The number of H-pyrrole nitrogens is 1. The van der Waals surface area contributed by atoms with Gasteiger partial charge in [0, 0.05) is 24.3 Å². The van der Waals surface area contributed by atoms with Crippen LogP contribution in [-0.2, 0) is 14.8 Å². The maximum atomic E-state index is 13.0. The Morgan fingerprint density at radius 2 is 1.79 bits per heavy atom. The second kappa shape index (κ2) is 8.97. The number of hydrogen-bond donors (Lipinski definition) is 3. The third-order valence-corrected chi connectivity index (χ3v) is 7.23. The lowest BCUT2D eigenvalue weighted by Gasteiger charge is -2.34. The maximum Gasteiger partial charge on any atom is 0.273 e. The Balaban J connectivity index is 1.47. The first-order valence-corrected chi connectivity index (χ1v) is 12.0. The van der Waals surface area contributed by atoms with Gasteiger partial charge in [0.2, 0.25) is 10.0 Å². The molecule has 0 aliphatic carbocycles. The van der Waals surface area contributed by atoms with Gasteiger partial charge in [-0.1, -0.05) is 11.6 Å². The maximum absolute atomic E-state index is 13.0. The van der Waals surface area contributed by atoms with Crippen molar-refractivity contribution in [2.24, 2.45) is 0 Å². The van der Waals surface area contributed by atoms with Gasteiger partial charge in [-0.15, -0.1) is 0 Å². The van der Waals surface area contributed by atoms with Crippen LogP contribution in [0, 0.1) is 6.92 Å². The van der Waals surface area contributed by atoms with Gasteiger partial charge in [-0.05, 0) is 63.2 Å². The number of carbonyl (C=O) groups excluding carboxylic acids is 1. The van der Waals surface area contributed by atoms with Crippen LogP contribution in [-0.4, -0.2) is 59.2 Å². The molecule has 0 unspecified atom stereocenters. The zero-order valence-electron chi connectivity index (χ0n) is 18.6. The van der Waals surface area contributed by atoms with Gasteiger partial charge in [0.15, 0.2) is 0 Å². The van der Waals surface area contributed by atoms with Crippen molar-refractivity contribution in [3.63, 3.8) is 0 Å².